The summed E-state index contributed by atoms with van der Waals surface area (Å²) in [7, 11) is 0. The van der Waals surface area contributed by atoms with E-state index in [-0.39, 0.29) is 18.6 Å². The van der Waals surface area contributed by atoms with Gasteiger partial charge in [-0.3, -0.25) is 9.59 Å². The number of amides is 2. The van der Waals surface area contributed by atoms with E-state index < -0.39 is 11.9 Å². The van der Waals surface area contributed by atoms with Gasteiger partial charge in [-0.15, -0.1) is 0 Å². The van der Waals surface area contributed by atoms with Gasteiger partial charge in [0, 0.05) is 13.5 Å². The van der Waals surface area contributed by atoms with E-state index in [1.54, 1.807) is 43.3 Å². The maximum Gasteiger partial charge on any atom is 0.338 e. The summed E-state index contributed by atoms with van der Waals surface area (Å²) in [6, 6.07) is 10.0. The molecule has 0 unspecified atom stereocenters. The van der Waals surface area contributed by atoms with Crippen LogP contribution in [0.15, 0.2) is 47.1 Å². The standard InChI is InChI=1S/C19H22N2O5/c1-13(17-4-3-11-25-17)21-18(23)12-26-19(24)16-7-5-15(6-8-16)9-10-20-14(2)22/h3-8,11,13H,9-10,12H2,1-2H3,(H,20,22)(H,21,23)/t13-/m1/s1. The maximum atomic E-state index is 12.0. The number of nitrogens with one attached hydrogen (secondary N) is 2. The van der Waals surface area contributed by atoms with Crippen LogP contribution in [0.1, 0.15) is 41.6 Å². The first-order chi connectivity index (χ1) is 12.5. The van der Waals surface area contributed by atoms with Gasteiger partial charge in [-0.05, 0) is 43.2 Å². The van der Waals surface area contributed by atoms with Crippen LogP contribution in [0.25, 0.3) is 0 Å². The van der Waals surface area contributed by atoms with Gasteiger partial charge in [0.25, 0.3) is 5.91 Å². The first-order valence-corrected chi connectivity index (χ1v) is 8.29. The molecule has 0 saturated heterocycles. The summed E-state index contributed by atoms with van der Waals surface area (Å²) in [5.41, 5.74) is 1.35. The summed E-state index contributed by atoms with van der Waals surface area (Å²) >= 11 is 0. The number of hydrogen-bond donors (Lipinski definition) is 2. The highest BCUT2D eigenvalue weighted by molar-refractivity contribution is 5.91. The SMILES string of the molecule is CC(=O)NCCc1ccc(C(=O)OCC(=O)N[C@H](C)c2ccco2)cc1. The molecule has 0 fully saturated rings. The number of hydrogen-bond acceptors (Lipinski definition) is 5. The van der Waals surface area contributed by atoms with E-state index >= 15 is 0 Å². The number of carbonyl (C=O) groups excluding carboxylic acids is 3. The highest BCUT2D eigenvalue weighted by Gasteiger charge is 2.14. The Bertz CT molecular complexity index is 738. The molecule has 1 aromatic carbocycles. The highest BCUT2D eigenvalue weighted by Crippen LogP contribution is 2.12. The smallest absolute Gasteiger partial charge is 0.338 e. The fraction of sp³-hybridized carbons (Fsp3) is 0.316. The Kier molecular flexibility index (Phi) is 6.96. The third-order valence-electron chi connectivity index (χ3n) is 3.66. The topological polar surface area (TPSA) is 97.6 Å². The molecular weight excluding hydrogens is 336 g/mol. The zero-order valence-electron chi connectivity index (χ0n) is 14.8. The predicted molar refractivity (Wildman–Crippen MR) is 94.4 cm³/mol. The number of furan rings is 1. The first-order valence-electron chi connectivity index (χ1n) is 8.29. The van der Waals surface area contributed by atoms with Gasteiger partial charge in [-0.1, -0.05) is 12.1 Å². The minimum atomic E-state index is -0.570. The molecule has 2 amide bonds. The van der Waals surface area contributed by atoms with Gasteiger partial charge in [-0.25, -0.2) is 4.79 Å². The molecule has 1 aromatic heterocycles. The minimum Gasteiger partial charge on any atom is -0.467 e. The largest absolute Gasteiger partial charge is 0.467 e. The Morgan fingerprint density at radius 3 is 2.50 bits per heavy atom. The van der Waals surface area contributed by atoms with Crippen molar-refractivity contribution in [1.82, 2.24) is 10.6 Å². The lowest BCUT2D eigenvalue weighted by atomic mass is 10.1. The monoisotopic (exact) mass is 358 g/mol. The van der Waals surface area contributed by atoms with Crippen molar-refractivity contribution in [3.8, 4) is 0 Å². The number of carbonyl (C=O) groups is 3. The summed E-state index contributed by atoms with van der Waals surface area (Å²) in [4.78, 5) is 34.7. The fourth-order valence-electron chi connectivity index (χ4n) is 2.30. The summed E-state index contributed by atoms with van der Waals surface area (Å²) in [5.74, 6) is -0.433. The molecule has 0 radical (unpaired) electrons. The van der Waals surface area contributed by atoms with E-state index in [1.807, 2.05) is 0 Å². The number of benzene rings is 1. The Labute approximate surface area is 151 Å². The Balaban J connectivity index is 1.76. The van der Waals surface area contributed by atoms with E-state index in [1.165, 1.54) is 13.2 Å². The van der Waals surface area contributed by atoms with Gasteiger partial charge < -0.3 is 19.8 Å². The van der Waals surface area contributed by atoms with Crippen LogP contribution in [0.2, 0.25) is 0 Å². The van der Waals surface area contributed by atoms with Gasteiger partial charge in [-0.2, -0.15) is 0 Å². The second-order valence-corrected chi connectivity index (χ2v) is 5.81. The summed E-state index contributed by atoms with van der Waals surface area (Å²) in [5, 5.41) is 5.39. The van der Waals surface area contributed by atoms with Gasteiger partial charge in [0.2, 0.25) is 5.91 Å². The molecule has 7 nitrogen and oxygen atoms in total. The second-order valence-electron chi connectivity index (χ2n) is 5.81. The molecule has 0 aliphatic heterocycles. The van der Waals surface area contributed by atoms with Crippen LogP contribution in [-0.2, 0) is 20.7 Å². The quantitative estimate of drug-likeness (QED) is 0.704. The van der Waals surface area contributed by atoms with E-state index in [9.17, 15) is 14.4 Å². The number of ether oxygens (including phenoxy) is 1. The van der Waals surface area contributed by atoms with Crippen molar-refractivity contribution in [1.29, 1.82) is 0 Å². The lowest BCUT2D eigenvalue weighted by Crippen LogP contribution is -2.31. The molecule has 2 rings (SSSR count). The lowest BCUT2D eigenvalue weighted by Gasteiger charge is -2.11. The lowest BCUT2D eigenvalue weighted by molar-refractivity contribution is -0.125. The molecule has 0 bridgehead atoms. The van der Waals surface area contributed by atoms with Crippen LogP contribution >= 0.6 is 0 Å². The summed E-state index contributed by atoms with van der Waals surface area (Å²) in [6.45, 7) is 3.41. The van der Waals surface area contributed by atoms with Crippen molar-refractivity contribution in [2.45, 2.75) is 26.3 Å². The number of esters is 1. The van der Waals surface area contributed by atoms with Gasteiger partial charge in [0.15, 0.2) is 6.61 Å². The molecule has 1 atom stereocenters. The van der Waals surface area contributed by atoms with Crippen molar-refractivity contribution < 1.29 is 23.5 Å². The predicted octanol–water partition coefficient (Wildman–Crippen LogP) is 1.99. The molecule has 1 heterocycles. The van der Waals surface area contributed by atoms with E-state index in [4.69, 9.17) is 9.15 Å². The summed E-state index contributed by atoms with van der Waals surface area (Å²) < 4.78 is 10.2. The Hall–Kier alpha value is -3.09. The zero-order valence-corrected chi connectivity index (χ0v) is 14.8. The molecule has 2 N–H and O–H groups in total. The van der Waals surface area contributed by atoms with Crippen molar-refractivity contribution in [2.75, 3.05) is 13.2 Å². The van der Waals surface area contributed by atoms with Crippen LogP contribution in [-0.4, -0.2) is 30.9 Å². The second kappa shape index (κ2) is 9.41. The first kappa shape index (κ1) is 19.2. The van der Waals surface area contributed by atoms with E-state index in [0.29, 0.717) is 24.3 Å². The van der Waals surface area contributed by atoms with Crippen LogP contribution in [0.3, 0.4) is 0 Å². The van der Waals surface area contributed by atoms with Crippen LogP contribution < -0.4 is 10.6 Å². The van der Waals surface area contributed by atoms with Gasteiger partial charge >= 0.3 is 5.97 Å². The average molecular weight is 358 g/mol. The third kappa shape index (κ3) is 6.08. The van der Waals surface area contributed by atoms with Crippen LogP contribution in [0.5, 0.6) is 0 Å². The zero-order chi connectivity index (χ0) is 18.9. The molecule has 26 heavy (non-hydrogen) atoms. The van der Waals surface area contributed by atoms with E-state index in [2.05, 4.69) is 10.6 Å². The molecule has 138 valence electrons. The summed E-state index contributed by atoms with van der Waals surface area (Å²) in [6.07, 6.45) is 2.19. The fourth-order valence-corrected chi connectivity index (χ4v) is 2.30. The Morgan fingerprint density at radius 2 is 1.88 bits per heavy atom. The molecule has 7 heteroatoms. The highest BCUT2D eigenvalue weighted by atomic mass is 16.5. The molecule has 0 spiro atoms. The van der Waals surface area contributed by atoms with Crippen molar-refractivity contribution in [2.24, 2.45) is 0 Å². The molecular formula is C19H22N2O5. The van der Waals surface area contributed by atoms with Gasteiger partial charge in [0.05, 0.1) is 17.9 Å². The third-order valence-corrected chi connectivity index (χ3v) is 3.66. The van der Waals surface area contributed by atoms with Crippen molar-refractivity contribution >= 4 is 17.8 Å². The van der Waals surface area contributed by atoms with Crippen LogP contribution in [0, 0.1) is 0 Å². The normalized spacial score (nSPS) is 11.5. The van der Waals surface area contributed by atoms with Crippen LogP contribution in [0.4, 0.5) is 0 Å². The molecule has 0 aliphatic rings. The Morgan fingerprint density at radius 1 is 1.15 bits per heavy atom. The van der Waals surface area contributed by atoms with Crippen molar-refractivity contribution in [3.05, 3.63) is 59.5 Å². The molecule has 0 saturated carbocycles. The minimum absolute atomic E-state index is 0.0789. The molecule has 2 aromatic rings. The molecule has 0 aliphatic carbocycles. The number of rotatable bonds is 8. The van der Waals surface area contributed by atoms with Gasteiger partial charge in [0.1, 0.15) is 5.76 Å². The van der Waals surface area contributed by atoms with Crippen molar-refractivity contribution in [3.63, 3.8) is 0 Å². The maximum absolute atomic E-state index is 12.0. The van der Waals surface area contributed by atoms with E-state index in [0.717, 1.165) is 5.56 Å². The average Bonchev–Trinajstić information content (AvgIpc) is 3.15.